The van der Waals surface area contributed by atoms with E-state index in [1.54, 1.807) is 18.2 Å². The summed E-state index contributed by atoms with van der Waals surface area (Å²) in [5, 5.41) is 10.0. The molecule has 0 atom stereocenters. The van der Waals surface area contributed by atoms with Crippen molar-refractivity contribution in [1.82, 2.24) is 19.4 Å². The fourth-order valence-corrected chi connectivity index (χ4v) is 5.44. The van der Waals surface area contributed by atoms with Crippen LogP contribution in [-0.2, 0) is 6.54 Å². The highest BCUT2D eigenvalue weighted by atomic mass is 35.5. The second-order valence-electron chi connectivity index (χ2n) is 10.4. The Morgan fingerprint density at radius 1 is 0.805 bits per heavy atom. The predicted molar refractivity (Wildman–Crippen MR) is 167 cm³/mol. The van der Waals surface area contributed by atoms with Crippen molar-refractivity contribution < 1.29 is 14.6 Å². The van der Waals surface area contributed by atoms with Crippen molar-refractivity contribution in [2.75, 3.05) is 52.5 Å². The third kappa shape index (κ3) is 7.73. The third-order valence-corrected chi connectivity index (χ3v) is 8.19. The van der Waals surface area contributed by atoms with Crippen molar-refractivity contribution in [1.29, 1.82) is 0 Å². The number of piperazine rings is 1. The topological polar surface area (TPSA) is 63.0 Å². The van der Waals surface area contributed by atoms with Crippen molar-refractivity contribution >= 4 is 34.2 Å². The van der Waals surface area contributed by atoms with E-state index in [0.717, 1.165) is 93.2 Å². The molecule has 3 aromatic carbocycles. The molecular weight excluding hydrogens is 559 g/mol. The number of unbranched alkanes of at least 4 members (excludes halogenated alkanes) is 1. The number of hydrogen-bond acceptors (Lipinski definition) is 6. The summed E-state index contributed by atoms with van der Waals surface area (Å²) >= 11 is 12.2. The molecule has 0 amide bonds. The molecule has 5 rings (SSSR count). The predicted octanol–water partition coefficient (Wildman–Crippen LogP) is 6.98. The largest absolute Gasteiger partial charge is 0.492 e. The van der Waals surface area contributed by atoms with Crippen LogP contribution in [0.2, 0.25) is 10.0 Å². The van der Waals surface area contributed by atoms with Crippen LogP contribution in [-0.4, -0.2) is 76.9 Å². The van der Waals surface area contributed by atoms with Gasteiger partial charge in [0.1, 0.15) is 29.7 Å². The summed E-state index contributed by atoms with van der Waals surface area (Å²) in [5.41, 5.74) is 2.99. The summed E-state index contributed by atoms with van der Waals surface area (Å²) in [4.78, 5) is 9.89. The zero-order valence-electron chi connectivity index (χ0n) is 23.6. The molecule has 7 nitrogen and oxygen atoms in total. The zero-order chi connectivity index (χ0) is 28.6. The van der Waals surface area contributed by atoms with E-state index in [2.05, 4.69) is 33.4 Å². The van der Waals surface area contributed by atoms with Crippen LogP contribution in [0.4, 0.5) is 0 Å². The summed E-state index contributed by atoms with van der Waals surface area (Å²) in [6.45, 7) is 10.0. The molecule has 0 unspecified atom stereocenters. The molecule has 1 aliphatic heterocycles. The maximum absolute atomic E-state index is 9.06. The summed E-state index contributed by atoms with van der Waals surface area (Å²) in [6.07, 6.45) is 2.98. The van der Waals surface area contributed by atoms with Crippen LogP contribution >= 0.6 is 23.2 Å². The minimum atomic E-state index is 0.262. The Kier molecular flexibility index (Phi) is 10.4. The molecule has 0 radical (unpaired) electrons. The lowest BCUT2D eigenvalue weighted by Crippen LogP contribution is -2.47. The molecule has 1 aromatic heterocycles. The van der Waals surface area contributed by atoms with E-state index in [0.29, 0.717) is 28.2 Å². The van der Waals surface area contributed by atoms with Crippen molar-refractivity contribution in [2.45, 2.75) is 32.7 Å². The van der Waals surface area contributed by atoms with Crippen LogP contribution < -0.4 is 9.47 Å². The fraction of sp³-hybridized carbons (Fsp3) is 0.406. The highest BCUT2D eigenvalue weighted by molar-refractivity contribution is 6.42. The number of hydrogen-bond donors (Lipinski definition) is 1. The van der Waals surface area contributed by atoms with E-state index in [-0.39, 0.29) is 6.61 Å². The van der Waals surface area contributed by atoms with Gasteiger partial charge in [-0.1, -0.05) is 48.7 Å². The van der Waals surface area contributed by atoms with Crippen LogP contribution in [0.25, 0.3) is 22.4 Å². The minimum absolute atomic E-state index is 0.262. The standard InChI is InChI=1S/C32H38Cl2N4O3/c1-2-3-13-38-31-23-25(40-20-18-37-16-14-36(15-17-37)12-5-19-39)9-11-30(31)35-32(38)24-6-4-7-26(21-24)41-27-8-10-28(33)29(34)22-27/h4,6-11,21-23,39H,2-3,5,12-20H2,1H3. The van der Waals surface area contributed by atoms with Crippen molar-refractivity contribution in [2.24, 2.45) is 0 Å². The molecule has 0 spiro atoms. The number of benzene rings is 3. The monoisotopic (exact) mass is 596 g/mol. The summed E-state index contributed by atoms with van der Waals surface area (Å²) < 4.78 is 14.6. The lowest BCUT2D eigenvalue weighted by atomic mass is 10.2. The van der Waals surface area contributed by atoms with Crippen molar-refractivity contribution in [3.05, 3.63) is 70.7 Å². The van der Waals surface area contributed by atoms with E-state index in [1.807, 2.05) is 30.3 Å². The number of aromatic nitrogens is 2. The van der Waals surface area contributed by atoms with Crippen LogP contribution in [0.1, 0.15) is 26.2 Å². The Hall–Kier alpha value is -2.81. The number of fused-ring (bicyclic) bond motifs is 1. The van der Waals surface area contributed by atoms with E-state index >= 15 is 0 Å². The summed E-state index contributed by atoms with van der Waals surface area (Å²) in [6, 6.07) is 19.4. The van der Waals surface area contributed by atoms with Gasteiger partial charge < -0.3 is 24.0 Å². The highest BCUT2D eigenvalue weighted by Crippen LogP contribution is 2.33. The van der Waals surface area contributed by atoms with Gasteiger partial charge >= 0.3 is 0 Å². The van der Waals surface area contributed by atoms with Gasteiger partial charge in [0, 0.05) is 70.1 Å². The quantitative estimate of drug-likeness (QED) is 0.180. The number of aliphatic hydroxyl groups is 1. The Labute approximate surface area is 252 Å². The van der Waals surface area contributed by atoms with Crippen molar-refractivity contribution in [3.63, 3.8) is 0 Å². The maximum Gasteiger partial charge on any atom is 0.141 e. The number of imidazole rings is 1. The van der Waals surface area contributed by atoms with E-state index in [9.17, 15) is 0 Å². The smallest absolute Gasteiger partial charge is 0.141 e. The molecule has 1 fully saturated rings. The SMILES string of the molecule is CCCCn1c(-c2cccc(Oc3ccc(Cl)c(Cl)c3)c2)nc2ccc(OCCN3CCN(CCCO)CC3)cc21. The van der Waals surface area contributed by atoms with Gasteiger partial charge in [0.25, 0.3) is 0 Å². The molecule has 0 saturated carbocycles. The molecule has 9 heteroatoms. The van der Waals surface area contributed by atoms with E-state index in [4.69, 9.17) is 42.8 Å². The van der Waals surface area contributed by atoms with Gasteiger partial charge in [-0.15, -0.1) is 0 Å². The first-order valence-corrected chi connectivity index (χ1v) is 15.2. The number of aryl methyl sites for hydroxylation is 1. The van der Waals surface area contributed by atoms with Gasteiger partial charge in [0.15, 0.2) is 0 Å². The fourth-order valence-electron chi connectivity index (χ4n) is 5.15. The second-order valence-corrected chi connectivity index (χ2v) is 11.2. The van der Waals surface area contributed by atoms with Gasteiger partial charge in [-0.2, -0.15) is 0 Å². The number of halogens is 2. The Morgan fingerprint density at radius 2 is 1.56 bits per heavy atom. The average molecular weight is 598 g/mol. The van der Waals surface area contributed by atoms with E-state index in [1.165, 1.54) is 0 Å². The third-order valence-electron chi connectivity index (χ3n) is 7.45. The number of ether oxygens (including phenoxy) is 2. The van der Waals surface area contributed by atoms with Gasteiger partial charge in [-0.05, 0) is 49.2 Å². The normalized spacial score (nSPS) is 14.5. The van der Waals surface area contributed by atoms with Crippen LogP contribution in [0, 0.1) is 0 Å². The molecular formula is C32H38Cl2N4O3. The zero-order valence-corrected chi connectivity index (χ0v) is 25.1. The van der Waals surface area contributed by atoms with Crippen LogP contribution in [0.5, 0.6) is 17.2 Å². The highest BCUT2D eigenvalue weighted by Gasteiger charge is 2.17. The summed E-state index contributed by atoms with van der Waals surface area (Å²) in [5.74, 6) is 3.10. The van der Waals surface area contributed by atoms with Crippen molar-refractivity contribution in [3.8, 4) is 28.6 Å². The molecule has 1 aliphatic rings. The first-order valence-electron chi connectivity index (χ1n) is 14.5. The van der Waals surface area contributed by atoms with Crippen LogP contribution in [0.15, 0.2) is 60.7 Å². The molecule has 0 aliphatic carbocycles. The molecule has 4 aromatic rings. The van der Waals surface area contributed by atoms with Gasteiger partial charge in [-0.3, -0.25) is 4.90 Å². The summed E-state index contributed by atoms with van der Waals surface area (Å²) in [7, 11) is 0. The number of rotatable bonds is 13. The Morgan fingerprint density at radius 3 is 2.32 bits per heavy atom. The Bertz CT molecular complexity index is 1440. The van der Waals surface area contributed by atoms with Gasteiger partial charge in [0.2, 0.25) is 0 Å². The average Bonchev–Trinajstić information content (AvgIpc) is 3.35. The first-order chi connectivity index (χ1) is 20.0. The maximum atomic E-state index is 9.06. The molecule has 0 bridgehead atoms. The first kappa shape index (κ1) is 29.7. The molecule has 1 saturated heterocycles. The van der Waals surface area contributed by atoms with Crippen LogP contribution in [0.3, 0.4) is 0 Å². The molecule has 2 heterocycles. The van der Waals surface area contributed by atoms with E-state index < -0.39 is 0 Å². The van der Waals surface area contributed by atoms with Gasteiger partial charge in [0.05, 0.1) is 21.1 Å². The Balaban J connectivity index is 1.29. The number of nitrogens with zero attached hydrogens (tertiary/aromatic N) is 4. The molecule has 218 valence electrons. The molecule has 1 N–H and O–H groups in total. The lowest BCUT2D eigenvalue weighted by Gasteiger charge is -2.34. The minimum Gasteiger partial charge on any atom is -0.492 e. The second kappa shape index (κ2) is 14.4. The lowest BCUT2D eigenvalue weighted by molar-refractivity contribution is 0.111. The number of aliphatic hydroxyl groups excluding tert-OH is 1. The van der Waals surface area contributed by atoms with Gasteiger partial charge in [-0.25, -0.2) is 4.98 Å². The molecule has 41 heavy (non-hydrogen) atoms.